The third-order valence-electron chi connectivity index (χ3n) is 2.81. The summed E-state index contributed by atoms with van der Waals surface area (Å²) in [4.78, 5) is 1.43. The molecule has 2 nitrogen and oxygen atoms in total. The van der Waals surface area contributed by atoms with Gasteiger partial charge in [0, 0.05) is 24.1 Å². The van der Waals surface area contributed by atoms with Gasteiger partial charge in [-0.05, 0) is 49.7 Å². The molecule has 0 saturated carbocycles. The fourth-order valence-electron chi connectivity index (χ4n) is 1.89. The maximum absolute atomic E-state index is 5.59. The molecule has 0 aliphatic carbocycles. The van der Waals surface area contributed by atoms with E-state index in [1.165, 1.54) is 16.9 Å². The molecule has 1 atom stereocenters. The Bertz CT molecular complexity index is 298. The van der Waals surface area contributed by atoms with Crippen LogP contribution in [0.25, 0.3) is 0 Å². The lowest BCUT2D eigenvalue weighted by Gasteiger charge is -2.18. The second-order valence-corrected chi connectivity index (χ2v) is 5.46. The Hall–Kier alpha value is -0.380. The van der Waals surface area contributed by atoms with Crippen molar-refractivity contribution in [3.05, 3.63) is 21.9 Å². The summed E-state index contributed by atoms with van der Waals surface area (Å²) in [6.45, 7) is 9.36. The van der Waals surface area contributed by atoms with Gasteiger partial charge in [-0.25, -0.2) is 0 Å². The van der Waals surface area contributed by atoms with Gasteiger partial charge in [0.15, 0.2) is 0 Å². The number of aryl methyl sites for hydroxylation is 1. The topological polar surface area (TPSA) is 21.3 Å². The molecule has 17 heavy (non-hydrogen) atoms. The number of nitrogens with one attached hydrogen (secondary N) is 1. The van der Waals surface area contributed by atoms with E-state index in [0.29, 0.717) is 6.04 Å². The van der Waals surface area contributed by atoms with Crippen LogP contribution in [-0.2, 0) is 4.74 Å². The number of hydrogen-bond acceptors (Lipinski definition) is 3. The first kappa shape index (κ1) is 14.7. The third-order valence-corrected chi connectivity index (χ3v) is 3.68. The highest BCUT2D eigenvalue weighted by molar-refractivity contribution is 7.10. The van der Waals surface area contributed by atoms with Crippen molar-refractivity contribution in [1.29, 1.82) is 0 Å². The molecule has 1 unspecified atom stereocenters. The van der Waals surface area contributed by atoms with Crippen molar-refractivity contribution in [3.63, 3.8) is 0 Å². The molecule has 1 aromatic heterocycles. The monoisotopic (exact) mass is 255 g/mol. The Kier molecular flexibility index (Phi) is 7.49. The quantitative estimate of drug-likeness (QED) is 0.675. The predicted molar refractivity (Wildman–Crippen MR) is 75.8 cm³/mol. The van der Waals surface area contributed by atoms with E-state index in [-0.39, 0.29) is 0 Å². The van der Waals surface area contributed by atoms with Gasteiger partial charge < -0.3 is 10.1 Å². The maximum Gasteiger partial charge on any atom is 0.0484 e. The summed E-state index contributed by atoms with van der Waals surface area (Å²) in [5.74, 6) is 0. The van der Waals surface area contributed by atoms with Crippen LogP contribution in [0.4, 0.5) is 0 Å². The molecular formula is C14H25NOS. The van der Waals surface area contributed by atoms with Crippen molar-refractivity contribution < 1.29 is 4.74 Å². The van der Waals surface area contributed by atoms with Gasteiger partial charge in [0.05, 0.1) is 0 Å². The van der Waals surface area contributed by atoms with Gasteiger partial charge in [-0.15, -0.1) is 11.3 Å². The fraction of sp³-hybridized carbons (Fsp3) is 0.714. The van der Waals surface area contributed by atoms with Crippen molar-refractivity contribution in [2.24, 2.45) is 0 Å². The van der Waals surface area contributed by atoms with Gasteiger partial charge in [-0.2, -0.15) is 0 Å². The summed E-state index contributed by atoms with van der Waals surface area (Å²) in [6, 6.07) is 2.70. The Labute approximate surface area is 109 Å². The Morgan fingerprint density at radius 1 is 1.29 bits per heavy atom. The van der Waals surface area contributed by atoms with Gasteiger partial charge in [0.25, 0.3) is 0 Å². The molecule has 0 aliphatic heterocycles. The zero-order chi connectivity index (χ0) is 12.5. The van der Waals surface area contributed by atoms with Crippen LogP contribution >= 0.6 is 11.3 Å². The third kappa shape index (κ3) is 5.19. The molecule has 1 heterocycles. The fourth-order valence-corrected chi connectivity index (χ4v) is 2.66. The van der Waals surface area contributed by atoms with Crippen LogP contribution in [0, 0.1) is 6.92 Å². The lowest BCUT2D eigenvalue weighted by Crippen LogP contribution is -2.23. The number of hydrogen-bond donors (Lipinski definition) is 1. The molecule has 0 aliphatic rings. The van der Waals surface area contributed by atoms with Crippen LogP contribution in [-0.4, -0.2) is 19.8 Å². The number of thiophene rings is 1. The SMILES string of the molecule is CCCNC(CCOCCC)c1ccsc1C. The average molecular weight is 255 g/mol. The largest absolute Gasteiger partial charge is 0.381 e. The van der Waals surface area contributed by atoms with Gasteiger partial charge in [-0.3, -0.25) is 0 Å². The molecule has 0 fully saturated rings. The van der Waals surface area contributed by atoms with Gasteiger partial charge in [0.1, 0.15) is 0 Å². The van der Waals surface area contributed by atoms with Crippen molar-refractivity contribution in [3.8, 4) is 0 Å². The minimum Gasteiger partial charge on any atom is -0.381 e. The first-order chi connectivity index (χ1) is 8.29. The molecule has 0 amide bonds. The summed E-state index contributed by atoms with van der Waals surface area (Å²) < 4.78 is 5.59. The zero-order valence-electron chi connectivity index (χ0n) is 11.3. The summed E-state index contributed by atoms with van der Waals surface area (Å²) in [7, 11) is 0. The van der Waals surface area contributed by atoms with E-state index in [4.69, 9.17) is 4.74 Å². The van der Waals surface area contributed by atoms with Gasteiger partial charge >= 0.3 is 0 Å². The highest BCUT2D eigenvalue weighted by atomic mass is 32.1. The molecule has 0 saturated heterocycles. The average Bonchev–Trinajstić information content (AvgIpc) is 2.75. The van der Waals surface area contributed by atoms with Crippen molar-refractivity contribution >= 4 is 11.3 Å². The molecule has 0 radical (unpaired) electrons. The smallest absolute Gasteiger partial charge is 0.0484 e. The minimum absolute atomic E-state index is 0.457. The minimum atomic E-state index is 0.457. The molecule has 0 bridgehead atoms. The molecular weight excluding hydrogens is 230 g/mol. The second-order valence-electron chi connectivity index (χ2n) is 4.34. The highest BCUT2D eigenvalue weighted by Gasteiger charge is 2.13. The van der Waals surface area contributed by atoms with Crippen LogP contribution in [0.2, 0.25) is 0 Å². The Balaban J connectivity index is 2.46. The first-order valence-corrected chi connectivity index (χ1v) is 7.52. The predicted octanol–water partition coefficient (Wildman–Crippen LogP) is 3.91. The van der Waals surface area contributed by atoms with E-state index in [1.807, 2.05) is 11.3 Å². The highest BCUT2D eigenvalue weighted by Crippen LogP contribution is 2.25. The summed E-state index contributed by atoms with van der Waals surface area (Å²) >= 11 is 1.83. The van der Waals surface area contributed by atoms with Crippen molar-refractivity contribution in [2.75, 3.05) is 19.8 Å². The van der Waals surface area contributed by atoms with E-state index < -0.39 is 0 Å². The molecule has 98 valence electrons. The van der Waals surface area contributed by atoms with E-state index in [9.17, 15) is 0 Å². The molecule has 1 N–H and O–H groups in total. The lowest BCUT2D eigenvalue weighted by molar-refractivity contribution is 0.124. The number of ether oxygens (including phenoxy) is 1. The van der Waals surface area contributed by atoms with Crippen molar-refractivity contribution in [1.82, 2.24) is 5.32 Å². The number of rotatable bonds is 9. The van der Waals surface area contributed by atoms with Gasteiger partial charge in [0.2, 0.25) is 0 Å². The molecule has 1 rings (SSSR count). The summed E-state index contributed by atoms with van der Waals surface area (Å²) in [6.07, 6.45) is 3.34. The Morgan fingerprint density at radius 3 is 2.71 bits per heavy atom. The van der Waals surface area contributed by atoms with Crippen LogP contribution in [0.3, 0.4) is 0 Å². The van der Waals surface area contributed by atoms with Crippen LogP contribution in [0.5, 0.6) is 0 Å². The molecule has 0 spiro atoms. The van der Waals surface area contributed by atoms with Crippen LogP contribution in [0.1, 0.15) is 49.6 Å². The molecule has 1 aromatic rings. The van der Waals surface area contributed by atoms with E-state index >= 15 is 0 Å². The lowest BCUT2D eigenvalue weighted by atomic mass is 10.1. The standard InChI is InChI=1S/C14H25NOS/c1-4-8-15-14(6-10-16-9-5-2)13-7-11-17-12(13)3/h7,11,14-15H,4-6,8-10H2,1-3H3. The second kappa shape index (κ2) is 8.67. The normalized spacial score (nSPS) is 12.9. The Morgan fingerprint density at radius 2 is 2.12 bits per heavy atom. The van der Waals surface area contributed by atoms with Crippen LogP contribution in [0.15, 0.2) is 11.4 Å². The summed E-state index contributed by atoms with van der Waals surface area (Å²) in [5, 5.41) is 5.79. The van der Waals surface area contributed by atoms with E-state index in [1.54, 1.807) is 0 Å². The van der Waals surface area contributed by atoms with E-state index in [2.05, 4.69) is 37.5 Å². The first-order valence-electron chi connectivity index (χ1n) is 6.64. The zero-order valence-corrected chi connectivity index (χ0v) is 12.1. The molecule has 0 aromatic carbocycles. The van der Waals surface area contributed by atoms with E-state index in [0.717, 1.165) is 32.6 Å². The maximum atomic E-state index is 5.59. The van der Waals surface area contributed by atoms with Crippen LogP contribution < -0.4 is 5.32 Å². The van der Waals surface area contributed by atoms with Gasteiger partial charge in [-0.1, -0.05) is 13.8 Å². The van der Waals surface area contributed by atoms with Crippen molar-refractivity contribution in [2.45, 2.75) is 46.1 Å². The summed E-state index contributed by atoms with van der Waals surface area (Å²) in [5.41, 5.74) is 1.45. The molecule has 3 heteroatoms.